The van der Waals surface area contributed by atoms with E-state index in [2.05, 4.69) is 20.0 Å². The molecule has 39 heavy (non-hydrogen) atoms. The smallest absolute Gasteiger partial charge is 0.381 e. The number of thiazole rings is 1. The Morgan fingerprint density at radius 3 is 2.38 bits per heavy atom. The van der Waals surface area contributed by atoms with Crippen LogP contribution in [0.5, 0.6) is 0 Å². The van der Waals surface area contributed by atoms with Crippen LogP contribution in [0.2, 0.25) is 0 Å². The number of ether oxygens (including phenoxy) is 1. The van der Waals surface area contributed by atoms with Gasteiger partial charge in [-0.05, 0) is 52.0 Å². The Morgan fingerprint density at radius 2 is 1.77 bits per heavy atom. The number of sulfonamides is 1. The third-order valence-electron chi connectivity index (χ3n) is 6.77. The highest BCUT2D eigenvalue weighted by atomic mass is 32.2. The molecule has 0 bridgehead atoms. The van der Waals surface area contributed by atoms with Crippen LogP contribution in [-0.4, -0.2) is 49.1 Å². The quantitative estimate of drug-likeness (QED) is 0.452. The summed E-state index contributed by atoms with van der Waals surface area (Å²) in [5, 5.41) is 2.05. The van der Waals surface area contributed by atoms with Crippen molar-refractivity contribution in [3.8, 4) is 10.4 Å². The highest BCUT2D eigenvalue weighted by Gasteiger charge is 2.40. The van der Waals surface area contributed by atoms with Crippen molar-refractivity contribution in [2.45, 2.75) is 94.9 Å². The number of hydrogen-bond donors (Lipinski definition) is 2. The first-order valence-corrected chi connectivity index (χ1v) is 15.5. The number of aromatic nitrogens is 2. The van der Waals surface area contributed by atoms with Gasteiger partial charge in [0.25, 0.3) is 15.9 Å². The van der Waals surface area contributed by atoms with Crippen LogP contribution in [0.3, 0.4) is 0 Å². The van der Waals surface area contributed by atoms with Crippen molar-refractivity contribution in [2.24, 2.45) is 5.92 Å². The molecule has 2 fully saturated rings. The molecule has 3 heterocycles. The molecule has 0 spiro atoms. The van der Waals surface area contributed by atoms with Gasteiger partial charge in [0.15, 0.2) is 10.0 Å². The second-order valence-corrected chi connectivity index (χ2v) is 13.9. The SMILES string of the molecule is CC(C)(C)NS(=O)(=O)c1ncc(-c2sc(C(=O)NC3CCOCC3)nc2CC2CCCCC2)cc1C(F)(F)F. The van der Waals surface area contributed by atoms with E-state index in [1.54, 1.807) is 0 Å². The Morgan fingerprint density at radius 1 is 1.10 bits per heavy atom. The molecule has 1 saturated heterocycles. The molecule has 2 aromatic rings. The lowest BCUT2D eigenvalue weighted by atomic mass is 9.86. The third-order valence-corrected chi connectivity index (χ3v) is 9.63. The summed E-state index contributed by atoms with van der Waals surface area (Å²) in [4.78, 5) is 21.9. The van der Waals surface area contributed by atoms with E-state index in [0.717, 1.165) is 55.7 Å². The van der Waals surface area contributed by atoms with E-state index < -0.39 is 32.3 Å². The summed E-state index contributed by atoms with van der Waals surface area (Å²) < 4.78 is 75.7. The number of nitrogens with one attached hydrogen (secondary N) is 2. The first-order chi connectivity index (χ1) is 18.2. The Kier molecular flexibility index (Phi) is 9.04. The summed E-state index contributed by atoms with van der Waals surface area (Å²) in [6.07, 6.45) is 3.33. The number of carbonyl (C=O) groups excluding carboxylic acids is 1. The van der Waals surface area contributed by atoms with Crippen molar-refractivity contribution >= 4 is 27.3 Å². The van der Waals surface area contributed by atoms with Gasteiger partial charge in [0.1, 0.15) is 0 Å². The van der Waals surface area contributed by atoms with Crippen molar-refractivity contribution in [2.75, 3.05) is 13.2 Å². The zero-order chi connectivity index (χ0) is 28.4. The summed E-state index contributed by atoms with van der Waals surface area (Å²) in [6, 6.07) is 0.751. The van der Waals surface area contributed by atoms with Gasteiger partial charge in [-0.2, -0.15) is 13.2 Å². The summed E-state index contributed by atoms with van der Waals surface area (Å²) in [5.41, 5.74) is -1.73. The molecule has 0 unspecified atom stereocenters. The molecule has 0 radical (unpaired) electrons. The van der Waals surface area contributed by atoms with Crippen molar-refractivity contribution in [3.63, 3.8) is 0 Å². The highest BCUT2D eigenvalue weighted by Crippen LogP contribution is 2.40. The van der Waals surface area contributed by atoms with Gasteiger partial charge >= 0.3 is 6.18 Å². The van der Waals surface area contributed by atoms with Gasteiger partial charge in [-0.25, -0.2) is 23.1 Å². The van der Waals surface area contributed by atoms with Crippen LogP contribution < -0.4 is 10.0 Å². The van der Waals surface area contributed by atoms with Gasteiger partial charge in [0.05, 0.1) is 16.1 Å². The average molecular weight is 589 g/mol. The molecule has 1 aliphatic carbocycles. The molecular weight excluding hydrogens is 553 g/mol. The van der Waals surface area contributed by atoms with Gasteiger partial charge in [-0.15, -0.1) is 11.3 Å². The summed E-state index contributed by atoms with van der Waals surface area (Å²) in [7, 11) is -4.56. The predicted molar refractivity (Wildman–Crippen MR) is 142 cm³/mol. The van der Waals surface area contributed by atoms with Gasteiger partial charge < -0.3 is 10.1 Å². The molecule has 2 N–H and O–H groups in total. The van der Waals surface area contributed by atoms with E-state index in [-0.39, 0.29) is 22.5 Å². The molecule has 13 heteroatoms. The molecule has 2 aromatic heterocycles. The van der Waals surface area contributed by atoms with Crippen LogP contribution in [0.25, 0.3) is 10.4 Å². The monoisotopic (exact) mass is 588 g/mol. The number of carbonyl (C=O) groups is 1. The Labute approximate surface area is 231 Å². The molecule has 1 aliphatic heterocycles. The minimum absolute atomic E-state index is 0.0568. The molecule has 4 rings (SSSR count). The minimum atomic E-state index is -4.97. The number of alkyl halides is 3. The normalized spacial score (nSPS) is 18.3. The van der Waals surface area contributed by atoms with E-state index in [1.165, 1.54) is 20.8 Å². The van der Waals surface area contributed by atoms with Gasteiger partial charge in [-0.1, -0.05) is 32.1 Å². The lowest BCUT2D eigenvalue weighted by molar-refractivity contribution is -0.140. The van der Waals surface area contributed by atoms with Crippen molar-refractivity contribution in [1.82, 2.24) is 20.0 Å². The Bertz CT molecular complexity index is 1280. The van der Waals surface area contributed by atoms with Crippen LogP contribution in [0.15, 0.2) is 17.3 Å². The zero-order valence-corrected chi connectivity index (χ0v) is 24.0. The van der Waals surface area contributed by atoms with Crippen molar-refractivity contribution in [3.05, 3.63) is 28.5 Å². The average Bonchev–Trinajstić information content (AvgIpc) is 3.27. The summed E-state index contributed by atoms with van der Waals surface area (Å²) in [6.45, 7) is 5.70. The van der Waals surface area contributed by atoms with E-state index in [9.17, 15) is 26.4 Å². The second kappa shape index (κ2) is 11.8. The maximum atomic E-state index is 14.2. The lowest BCUT2D eigenvalue weighted by Crippen LogP contribution is -2.41. The van der Waals surface area contributed by atoms with Crippen LogP contribution in [0, 0.1) is 5.92 Å². The first kappa shape index (κ1) is 29.9. The van der Waals surface area contributed by atoms with Gasteiger partial charge in [0.2, 0.25) is 0 Å². The molecule has 216 valence electrons. The molecule has 8 nitrogen and oxygen atoms in total. The number of pyridine rings is 1. The predicted octanol–water partition coefficient (Wildman–Crippen LogP) is 5.33. The summed E-state index contributed by atoms with van der Waals surface area (Å²) in [5.74, 6) is -0.0580. The standard InChI is InChI=1S/C26H35F3N4O4S2/c1-25(2,3)33-39(35,36)24-19(26(27,28)29)14-17(15-30-24)21-20(13-16-7-5-4-6-8-16)32-23(38-21)22(34)31-18-9-11-37-12-10-18/h14-16,18,33H,4-13H2,1-3H3,(H,31,34). The van der Waals surface area contributed by atoms with E-state index >= 15 is 0 Å². The van der Waals surface area contributed by atoms with E-state index in [0.29, 0.717) is 49.0 Å². The van der Waals surface area contributed by atoms with Crippen LogP contribution in [-0.2, 0) is 27.4 Å². The fraction of sp³-hybridized carbons (Fsp3) is 0.654. The van der Waals surface area contributed by atoms with Crippen molar-refractivity contribution in [1.29, 1.82) is 0 Å². The third kappa shape index (κ3) is 7.77. The fourth-order valence-corrected chi connectivity index (χ4v) is 7.55. The van der Waals surface area contributed by atoms with Crippen LogP contribution in [0.1, 0.15) is 86.8 Å². The number of halogens is 3. The maximum Gasteiger partial charge on any atom is 0.419 e. The number of amides is 1. The maximum absolute atomic E-state index is 14.2. The van der Waals surface area contributed by atoms with Crippen LogP contribution >= 0.6 is 11.3 Å². The number of nitrogens with zero attached hydrogens (tertiary/aromatic N) is 2. The highest BCUT2D eigenvalue weighted by molar-refractivity contribution is 7.89. The number of rotatable bonds is 7. The molecular formula is C26H35F3N4O4S2. The summed E-state index contributed by atoms with van der Waals surface area (Å²) >= 11 is 1.01. The second-order valence-electron chi connectivity index (χ2n) is 11.3. The molecule has 2 aliphatic rings. The molecule has 1 saturated carbocycles. The lowest BCUT2D eigenvalue weighted by Gasteiger charge is -2.22. The van der Waals surface area contributed by atoms with E-state index in [1.807, 2.05) is 0 Å². The van der Waals surface area contributed by atoms with Crippen LogP contribution in [0.4, 0.5) is 13.2 Å². The number of hydrogen-bond acceptors (Lipinski definition) is 7. The first-order valence-electron chi connectivity index (χ1n) is 13.2. The van der Waals surface area contributed by atoms with Gasteiger partial charge in [-0.3, -0.25) is 4.79 Å². The molecule has 1 amide bonds. The Balaban J connectivity index is 1.74. The molecule has 0 aromatic carbocycles. The topological polar surface area (TPSA) is 110 Å². The molecule has 0 atom stereocenters. The van der Waals surface area contributed by atoms with E-state index in [4.69, 9.17) is 4.74 Å². The largest absolute Gasteiger partial charge is 0.419 e. The van der Waals surface area contributed by atoms with Gasteiger partial charge in [0, 0.05) is 36.6 Å². The fourth-order valence-electron chi connectivity index (χ4n) is 5.01. The Hall–Kier alpha value is -2.09. The minimum Gasteiger partial charge on any atom is -0.381 e. The zero-order valence-electron chi connectivity index (χ0n) is 22.4. The van der Waals surface area contributed by atoms with Crippen molar-refractivity contribution < 1.29 is 31.1 Å².